The second-order valence-corrected chi connectivity index (χ2v) is 9.45. The van der Waals surface area contributed by atoms with Crippen LogP contribution in [-0.2, 0) is 4.79 Å². The Labute approximate surface area is 230 Å². The Hall–Kier alpha value is -5.02. The van der Waals surface area contributed by atoms with Crippen molar-refractivity contribution in [2.75, 3.05) is 19.0 Å². The van der Waals surface area contributed by atoms with Crippen LogP contribution in [0, 0.1) is 0 Å². The second kappa shape index (κ2) is 13.0. The zero-order valence-corrected chi connectivity index (χ0v) is 22.1. The van der Waals surface area contributed by atoms with Gasteiger partial charge in [0.05, 0.1) is 6.21 Å². The number of nitrogens with one attached hydrogen (secondary N) is 2. The predicted molar refractivity (Wildman–Crippen MR) is 154 cm³/mol. The predicted octanol–water partition coefficient (Wildman–Crippen LogP) is 4.95. The molecule has 0 radical (unpaired) electrons. The molecule has 0 atom stereocenters. The van der Waals surface area contributed by atoms with Crippen LogP contribution in [0.4, 0.5) is 5.69 Å². The first kappa shape index (κ1) is 27.0. The minimum Gasteiger partial charge on any atom is -0.422 e. The number of benzene rings is 3. The van der Waals surface area contributed by atoms with Crippen molar-refractivity contribution in [1.29, 1.82) is 0 Å². The molecule has 2 N–H and O–H groups in total. The molecule has 4 rings (SSSR count). The van der Waals surface area contributed by atoms with E-state index >= 15 is 0 Å². The van der Waals surface area contributed by atoms with E-state index in [1.165, 1.54) is 17.6 Å². The largest absolute Gasteiger partial charge is 0.422 e. The topological polar surface area (TPSA) is 100 Å². The van der Waals surface area contributed by atoms with E-state index in [4.69, 9.17) is 4.74 Å². The molecule has 0 saturated carbocycles. The van der Waals surface area contributed by atoms with Crippen LogP contribution in [0.3, 0.4) is 0 Å². The summed E-state index contributed by atoms with van der Waals surface area (Å²) in [4.78, 5) is 40.3. The van der Waals surface area contributed by atoms with Gasteiger partial charge >= 0.3 is 5.97 Å². The molecular formula is C30H26N4O4S. The van der Waals surface area contributed by atoms with Crippen LogP contribution in [-0.4, -0.2) is 38.1 Å². The van der Waals surface area contributed by atoms with Crippen LogP contribution in [0.25, 0.3) is 6.08 Å². The SMILES string of the molecule is CN(C)c1ccc(/C=C(/NC(=O)c2ccccc2)C(=O)N/N=C/c2ccc(OC(=O)c3cccs3)cc2)cc1. The van der Waals surface area contributed by atoms with Gasteiger partial charge < -0.3 is 15.0 Å². The second-order valence-electron chi connectivity index (χ2n) is 8.50. The van der Waals surface area contributed by atoms with Gasteiger partial charge in [-0.1, -0.05) is 36.4 Å². The molecule has 0 spiro atoms. The van der Waals surface area contributed by atoms with E-state index in [0.29, 0.717) is 21.8 Å². The quantitative estimate of drug-likeness (QED) is 0.103. The van der Waals surface area contributed by atoms with Crippen LogP contribution >= 0.6 is 11.3 Å². The van der Waals surface area contributed by atoms with E-state index in [9.17, 15) is 14.4 Å². The lowest BCUT2D eigenvalue weighted by Gasteiger charge is -2.12. The van der Waals surface area contributed by atoms with Crippen molar-refractivity contribution in [2.45, 2.75) is 0 Å². The highest BCUT2D eigenvalue weighted by Gasteiger charge is 2.14. The third kappa shape index (κ3) is 7.73. The summed E-state index contributed by atoms with van der Waals surface area (Å²) in [6.07, 6.45) is 3.03. The number of hydrogen-bond acceptors (Lipinski definition) is 7. The zero-order valence-electron chi connectivity index (χ0n) is 21.3. The van der Waals surface area contributed by atoms with Gasteiger partial charge in [0.1, 0.15) is 16.3 Å². The average Bonchev–Trinajstić information content (AvgIpc) is 3.50. The number of nitrogens with zero attached hydrogens (tertiary/aromatic N) is 2. The molecule has 8 nitrogen and oxygen atoms in total. The first-order valence-electron chi connectivity index (χ1n) is 11.9. The summed E-state index contributed by atoms with van der Waals surface area (Å²) in [5, 5.41) is 8.51. The lowest BCUT2D eigenvalue weighted by Crippen LogP contribution is -2.32. The fourth-order valence-electron chi connectivity index (χ4n) is 3.38. The molecule has 0 aliphatic carbocycles. The molecular weight excluding hydrogens is 512 g/mol. The fraction of sp³-hybridized carbons (Fsp3) is 0.0667. The highest BCUT2D eigenvalue weighted by molar-refractivity contribution is 7.12. The van der Waals surface area contributed by atoms with Gasteiger partial charge in [-0.15, -0.1) is 11.3 Å². The maximum absolute atomic E-state index is 13.0. The number of carbonyl (C=O) groups is 3. The molecule has 0 unspecified atom stereocenters. The van der Waals surface area contributed by atoms with Crippen LogP contribution in [0.5, 0.6) is 5.75 Å². The van der Waals surface area contributed by atoms with Gasteiger partial charge in [-0.2, -0.15) is 5.10 Å². The molecule has 9 heteroatoms. The smallest absolute Gasteiger partial charge is 0.353 e. The normalized spacial score (nSPS) is 11.2. The maximum atomic E-state index is 13.0. The molecule has 3 aromatic carbocycles. The number of esters is 1. The van der Waals surface area contributed by atoms with Gasteiger partial charge in [-0.3, -0.25) is 9.59 Å². The number of carbonyl (C=O) groups excluding carboxylic acids is 3. The van der Waals surface area contributed by atoms with Crippen LogP contribution in [0.1, 0.15) is 31.2 Å². The Morgan fingerprint density at radius 1 is 0.846 bits per heavy atom. The highest BCUT2D eigenvalue weighted by atomic mass is 32.1. The van der Waals surface area contributed by atoms with E-state index in [2.05, 4.69) is 15.8 Å². The van der Waals surface area contributed by atoms with Crippen molar-refractivity contribution in [2.24, 2.45) is 5.10 Å². The Morgan fingerprint density at radius 3 is 2.18 bits per heavy atom. The lowest BCUT2D eigenvalue weighted by molar-refractivity contribution is -0.117. The first-order chi connectivity index (χ1) is 18.9. The molecule has 0 fully saturated rings. The number of amides is 2. The monoisotopic (exact) mass is 538 g/mol. The third-order valence-electron chi connectivity index (χ3n) is 5.44. The highest BCUT2D eigenvalue weighted by Crippen LogP contribution is 2.17. The van der Waals surface area contributed by atoms with E-state index in [1.54, 1.807) is 72.1 Å². The molecule has 196 valence electrons. The molecule has 1 aromatic heterocycles. The van der Waals surface area contributed by atoms with E-state index in [0.717, 1.165) is 11.3 Å². The van der Waals surface area contributed by atoms with E-state index in [1.807, 2.05) is 49.3 Å². The summed E-state index contributed by atoms with van der Waals surface area (Å²) >= 11 is 1.31. The van der Waals surface area contributed by atoms with Crippen LogP contribution < -0.4 is 20.4 Å². The number of ether oxygens (including phenoxy) is 1. The summed E-state index contributed by atoms with van der Waals surface area (Å²) in [6.45, 7) is 0. The minimum atomic E-state index is -0.589. The molecule has 4 aromatic rings. The van der Waals surface area contributed by atoms with Gasteiger partial charge in [-0.25, -0.2) is 10.2 Å². The molecule has 0 aliphatic heterocycles. The minimum absolute atomic E-state index is 0.0365. The molecule has 39 heavy (non-hydrogen) atoms. The van der Waals surface area contributed by atoms with Gasteiger partial charge in [0.2, 0.25) is 0 Å². The Kier molecular flexibility index (Phi) is 8.99. The Morgan fingerprint density at radius 2 is 1.54 bits per heavy atom. The third-order valence-corrected chi connectivity index (χ3v) is 6.29. The molecule has 0 bridgehead atoms. The summed E-state index contributed by atoms with van der Waals surface area (Å²) in [5.74, 6) is -1.04. The Balaban J connectivity index is 1.44. The summed E-state index contributed by atoms with van der Waals surface area (Å²) in [6, 6.07) is 26.3. The van der Waals surface area contributed by atoms with Gasteiger partial charge in [-0.05, 0) is 77.2 Å². The van der Waals surface area contributed by atoms with Crippen molar-refractivity contribution < 1.29 is 19.1 Å². The Bertz CT molecular complexity index is 1480. The average molecular weight is 539 g/mol. The molecule has 1 heterocycles. The van der Waals surface area contributed by atoms with Gasteiger partial charge in [0, 0.05) is 25.3 Å². The van der Waals surface area contributed by atoms with Crippen molar-refractivity contribution >= 4 is 47.1 Å². The summed E-state index contributed by atoms with van der Waals surface area (Å²) in [5.41, 5.74) is 5.32. The lowest BCUT2D eigenvalue weighted by atomic mass is 10.1. The standard InChI is InChI=1S/C30H26N4O4S/c1-34(2)24-14-10-21(11-15-24)19-26(32-28(35)23-7-4-3-5-8-23)29(36)33-31-20-22-12-16-25(17-13-22)38-30(37)27-9-6-18-39-27/h3-20H,1-2H3,(H,32,35)(H,33,36)/b26-19+,31-20+. The number of hydrogen-bond donors (Lipinski definition) is 2. The summed E-state index contributed by atoms with van der Waals surface area (Å²) < 4.78 is 5.35. The fourth-order valence-corrected chi connectivity index (χ4v) is 3.98. The molecule has 0 aliphatic rings. The van der Waals surface area contributed by atoms with Crippen molar-refractivity contribution in [3.63, 3.8) is 0 Å². The molecule has 2 amide bonds. The van der Waals surface area contributed by atoms with Crippen LogP contribution in [0.2, 0.25) is 0 Å². The van der Waals surface area contributed by atoms with Gasteiger partial charge in [0.25, 0.3) is 11.8 Å². The van der Waals surface area contributed by atoms with Crippen LogP contribution in [0.15, 0.2) is 107 Å². The number of anilines is 1. The number of hydrazone groups is 1. The van der Waals surface area contributed by atoms with E-state index in [-0.39, 0.29) is 5.70 Å². The van der Waals surface area contributed by atoms with Gasteiger partial charge in [0.15, 0.2) is 0 Å². The van der Waals surface area contributed by atoms with Crippen molar-refractivity contribution in [3.05, 3.63) is 124 Å². The van der Waals surface area contributed by atoms with E-state index < -0.39 is 17.8 Å². The van der Waals surface area contributed by atoms with Crippen molar-refractivity contribution in [1.82, 2.24) is 10.7 Å². The maximum Gasteiger partial charge on any atom is 0.353 e. The zero-order chi connectivity index (χ0) is 27.6. The first-order valence-corrected chi connectivity index (χ1v) is 12.8. The summed E-state index contributed by atoms with van der Waals surface area (Å²) in [7, 11) is 3.88. The number of thiophene rings is 1. The molecule has 0 saturated heterocycles. The van der Waals surface area contributed by atoms with Crippen molar-refractivity contribution in [3.8, 4) is 5.75 Å². The number of rotatable bonds is 9.